The highest BCUT2D eigenvalue weighted by atomic mass is 16.7. The van der Waals surface area contributed by atoms with Crippen LogP contribution in [-0.2, 0) is 32.2 Å². The molecule has 0 unspecified atom stereocenters. The maximum absolute atomic E-state index is 12.5. The summed E-state index contributed by atoms with van der Waals surface area (Å²) in [6.07, 6.45) is 6.00. The number of rotatable bonds is 15. The molecule has 2 aliphatic heterocycles. The van der Waals surface area contributed by atoms with Crippen molar-refractivity contribution in [3.05, 3.63) is 114 Å². The van der Waals surface area contributed by atoms with E-state index in [9.17, 15) is 14.7 Å². The van der Waals surface area contributed by atoms with Gasteiger partial charge in [0.05, 0.1) is 18.8 Å². The van der Waals surface area contributed by atoms with Gasteiger partial charge in [-0.3, -0.25) is 14.5 Å². The lowest BCUT2D eigenvalue weighted by molar-refractivity contribution is -0.253. The zero-order valence-electron chi connectivity index (χ0n) is 28.9. The van der Waals surface area contributed by atoms with Crippen LogP contribution in [0.25, 0.3) is 11.1 Å². The van der Waals surface area contributed by atoms with E-state index >= 15 is 0 Å². The van der Waals surface area contributed by atoms with Gasteiger partial charge in [-0.15, -0.1) is 0 Å². The Morgan fingerprint density at radius 3 is 2.24 bits per heavy atom. The van der Waals surface area contributed by atoms with Crippen molar-refractivity contribution in [2.24, 2.45) is 0 Å². The molecule has 2 saturated heterocycles. The normalized spacial score (nSPS) is 19.5. The smallest absolute Gasteiger partial charge is 0.303 e. The van der Waals surface area contributed by atoms with E-state index in [4.69, 9.17) is 14.6 Å². The summed E-state index contributed by atoms with van der Waals surface area (Å²) in [7, 11) is 0. The average molecular weight is 694 g/mol. The van der Waals surface area contributed by atoms with Crippen LogP contribution in [0.15, 0.2) is 91.3 Å². The number of hydrogen-bond acceptors (Lipinski definition) is 9. The molecule has 268 valence electrons. The fourth-order valence-corrected chi connectivity index (χ4v) is 6.70. The summed E-state index contributed by atoms with van der Waals surface area (Å²) in [5, 5.41) is 21.4. The fraction of sp³-hybridized carbons (Fsp3) is 0.400. The molecule has 11 heteroatoms. The minimum absolute atomic E-state index is 0.00179. The van der Waals surface area contributed by atoms with Crippen molar-refractivity contribution in [2.45, 2.75) is 70.2 Å². The Morgan fingerprint density at radius 2 is 1.51 bits per heavy atom. The summed E-state index contributed by atoms with van der Waals surface area (Å²) in [4.78, 5) is 36.7. The first-order valence-electron chi connectivity index (χ1n) is 17.9. The predicted octanol–water partition coefficient (Wildman–Crippen LogP) is 5.65. The van der Waals surface area contributed by atoms with Crippen molar-refractivity contribution < 1.29 is 29.3 Å². The van der Waals surface area contributed by atoms with E-state index in [0.717, 1.165) is 84.9 Å². The summed E-state index contributed by atoms with van der Waals surface area (Å²) in [5.41, 5.74) is 5.93. The number of aliphatic hydroxyl groups is 1. The Hall–Kier alpha value is -4.68. The molecular formula is C40H47N5O6. The number of ether oxygens (including phenoxy) is 2. The van der Waals surface area contributed by atoms with E-state index in [0.29, 0.717) is 25.8 Å². The van der Waals surface area contributed by atoms with Crippen molar-refractivity contribution in [3.8, 4) is 11.1 Å². The number of unbranched alkanes of at least 4 members (excludes halogenated alkanes) is 2. The quantitative estimate of drug-likeness (QED) is 0.134. The van der Waals surface area contributed by atoms with Crippen LogP contribution in [-0.4, -0.2) is 75.8 Å². The minimum atomic E-state index is -0.804. The number of piperazine rings is 1. The van der Waals surface area contributed by atoms with Gasteiger partial charge in [-0.1, -0.05) is 79.2 Å². The summed E-state index contributed by atoms with van der Waals surface area (Å²) >= 11 is 0. The van der Waals surface area contributed by atoms with Crippen LogP contribution in [0, 0.1) is 0 Å². The van der Waals surface area contributed by atoms with Crippen molar-refractivity contribution in [1.29, 1.82) is 0 Å². The van der Waals surface area contributed by atoms with Crippen LogP contribution in [0.5, 0.6) is 0 Å². The lowest BCUT2D eigenvalue weighted by Gasteiger charge is -2.40. The lowest BCUT2D eigenvalue weighted by Crippen LogP contribution is -2.50. The molecule has 4 aromatic rings. The third-order valence-corrected chi connectivity index (χ3v) is 9.57. The summed E-state index contributed by atoms with van der Waals surface area (Å²) in [6.45, 7) is 4.67. The molecule has 0 spiro atoms. The van der Waals surface area contributed by atoms with E-state index in [2.05, 4.69) is 55.4 Å². The van der Waals surface area contributed by atoms with E-state index in [1.165, 1.54) is 0 Å². The van der Waals surface area contributed by atoms with Gasteiger partial charge >= 0.3 is 5.97 Å². The first kappa shape index (κ1) is 36.1. The topological polar surface area (TPSA) is 137 Å². The number of carboxylic acids is 1. The molecule has 11 nitrogen and oxygen atoms in total. The Labute approximate surface area is 299 Å². The van der Waals surface area contributed by atoms with Crippen LogP contribution < -0.4 is 10.2 Å². The van der Waals surface area contributed by atoms with E-state index in [-0.39, 0.29) is 31.1 Å². The SMILES string of the molecule is O=C(O)CCCCCC(=O)NCc1ccccc1-c1ccc([C@H]2O[C@@H](CN3CCN(c4ncccn4)CC3)C[C@@H](c3ccc(CO)cc3)O2)cc1. The third-order valence-electron chi connectivity index (χ3n) is 9.57. The molecule has 0 bridgehead atoms. The Bertz CT molecular complexity index is 1700. The predicted molar refractivity (Wildman–Crippen MR) is 194 cm³/mol. The van der Waals surface area contributed by atoms with Gasteiger partial charge in [-0.25, -0.2) is 9.97 Å². The van der Waals surface area contributed by atoms with Gasteiger partial charge < -0.3 is 29.9 Å². The molecule has 0 aliphatic carbocycles. The van der Waals surface area contributed by atoms with Gasteiger partial charge in [0.2, 0.25) is 11.9 Å². The number of aliphatic hydroxyl groups excluding tert-OH is 1. The van der Waals surface area contributed by atoms with E-state index < -0.39 is 12.3 Å². The van der Waals surface area contributed by atoms with Gasteiger partial charge in [0.1, 0.15) is 0 Å². The summed E-state index contributed by atoms with van der Waals surface area (Å²) in [5.74, 6) is -0.0742. The second-order valence-electron chi connectivity index (χ2n) is 13.2. The van der Waals surface area contributed by atoms with Gasteiger partial charge in [0, 0.05) is 76.5 Å². The molecule has 3 aromatic carbocycles. The van der Waals surface area contributed by atoms with Crippen LogP contribution in [0.1, 0.15) is 73.2 Å². The monoisotopic (exact) mass is 693 g/mol. The lowest BCUT2D eigenvalue weighted by atomic mass is 9.97. The molecule has 3 heterocycles. The van der Waals surface area contributed by atoms with E-state index in [1.807, 2.05) is 48.5 Å². The molecular weight excluding hydrogens is 646 g/mol. The van der Waals surface area contributed by atoms with Crippen LogP contribution in [0.2, 0.25) is 0 Å². The number of nitrogens with zero attached hydrogens (tertiary/aromatic N) is 4. The molecule has 0 saturated carbocycles. The number of hydrogen-bond donors (Lipinski definition) is 3. The van der Waals surface area contributed by atoms with Gasteiger partial charge in [-0.2, -0.15) is 0 Å². The van der Waals surface area contributed by atoms with Gasteiger partial charge in [0.25, 0.3) is 0 Å². The van der Waals surface area contributed by atoms with Crippen molar-refractivity contribution >= 4 is 17.8 Å². The molecule has 2 aliphatic rings. The number of carboxylic acid groups (broad SMARTS) is 1. The molecule has 3 atom stereocenters. The van der Waals surface area contributed by atoms with Crippen molar-refractivity contribution in [1.82, 2.24) is 20.2 Å². The first-order valence-corrected chi connectivity index (χ1v) is 17.9. The fourth-order valence-electron chi connectivity index (χ4n) is 6.70. The maximum atomic E-state index is 12.5. The Kier molecular flexibility index (Phi) is 12.8. The first-order chi connectivity index (χ1) is 24.9. The van der Waals surface area contributed by atoms with Crippen LogP contribution in [0.3, 0.4) is 0 Å². The highest BCUT2D eigenvalue weighted by Crippen LogP contribution is 2.39. The maximum Gasteiger partial charge on any atom is 0.303 e. The number of aromatic nitrogens is 2. The molecule has 1 aromatic heterocycles. The summed E-state index contributed by atoms with van der Waals surface area (Å²) in [6, 6.07) is 26.1. The number of aliphatic carboxylic acids is 1. The number of carbonyl (C=O) groups is 2. The second kappa shape index (κ2) is 18.0. The van der Waals surface area contributed by atoms with E-state index in [1.54, 1.807) is 12.4 Å². The number of nitrogens with one attached hydrogen (secondary N) is 1. The average Bonchev–Trinajstić information content (AvgIpc) is 3.17. The molecule has 51 heavy (non-hydrogen) atoms. The zero-order chi connectivity index (χ0) is 35.4. The number of carbonyl (C=O) groups excluding carboxylic acids is 1. The standard InChI is InChI=1S/C40H47N5O6/c46-28-29-11-13-31(14-12-29)36-25-34(27-44-21-23-45(24-22-44)40-41-19-6-20-42-40)50-39(51-36)32-17-15-30(16-18-32)35-8-5-4-7-33(35)26-43-37(47)9-2-1-3-10-38(48)49/h4-8,11-20,34,36,39,46H,1-3,9-10,21-28H2,(H,43,47)(H,48,49)/t34-,36+,39+/m1/s1. The molecule has 0 radical (unpaired) electrons. The minimum Gasteiger partial charge on any atom is -0.481 e. The van der Waals surface area contributed by atoms with Crippen molar-refractivity contribution in [3.63, 3.8) is 0 Å². The van der Waals surface area contributed by atoms with Crippen molar-refractivity contribution in [2.75, 3.05) is 37.6 Å². The molecule has 2 fully saturated rings. The number of anilines is 1. The zero-order valence-corrected chi connectivity index (χ0v) is 28.9. The number of benzene rings is 3. The van der Waals surface area contributed by atoms with Gasteiger partial charge in [0.15, 0.2) is 6.29 Å². The highest BCUT2D eigenvalue weighted by molar-refractivity contribution is 5.76. The van der Waals surface area contributed by atoms with Crippen LogP contribution >= 0.6 is 0 Å². The summed E-state index contributed by atoms with van der Waals surface area (Å²) < 4.78 is 13.3. The highest BCUT2D eigenvalue weighted by Gasteiger charge is 2.34. The molecule has 1 amide bonds. The molecule has 3 N–H and O–H groups in total. The Balaban J connectivity index is 1.10. The third kappa shape index (κ3) is 10.2. The van der Waals surface area contributed by atoms with Crippen LogP contribution in [0.4, 0.5) is 5.95 Å². The Morgan fingerprint density at radius 1 is 0.804 bits per heavy atom. The second-order valence-corrected chi connectivity index (χ2v) is 13.2. The number of amides is 1. The van der Waals surface area contributed by atoms with Gasteiger partial charge in [-0.05, 0) is 46.7 Å². The molecule has 6 rings (SSSR count). The largest absolute Gasteiger partial charge is 0.481 e.